The minimum Gasteiger partial charge on any atom is -0.349 e. The average Bonchev–Trinajstić information content (AvgIpc) is 3.09. The molecule has 1 aromatic carbocycles. The third-order valence-corrected chi connectivity index (χ3v) is 6.59. The van der Waals surface area contributed by atoms with Crippen LogP contribution in [0.5, 0.6) is 0 Å². The van der Waals surface area contributed by atoms with Crippen molar-refractivity contribution < 1.29 is 4.79 Å². The van der Waals surface area contributed by atoms with Gasteiger partial charge >= 0.3 is 0 Å². The Labute approximate surface area is 198 Å². The highest BCUT2D eigenvalue weighted by molar-refractivity contribution is 6.01. The van der Waals surface area contributed by atoms with E-state index in [2.05, 4.69) is 64.7 Å². The molecule has 0 bridgehead atoms. The van der Waals surface area contributed by atoms with Crippen LogP contribution in [-0.2, 0) is 24.4 Å². The number of piperazine rings is 1. The quantitative estimate of drug-likeness (QED) is 0.468. The number of amides is 1. The fourth-order valence-electron chi connectivity index (χ4n) is 4.51. The number of aromatic nitrogens is 1. The Morgan fingerprint density at radius 1 is 1.09 bits per heavy atom. The minimum atomic E-state index is -0.329. The molecule has 3 rings (SSSR count). The third kappa shape index (κ3) is 6.34. The summed E-state index contributed by atoms with van der Waals surface area (Å²) in [5.41, 5.74) is 5.63. The van der Waals surface area contributed by atoms with E-state index in [-0.39, 0.29) is 11.5 Å². The topological polar surface area (TPSA) is 64.3 Å². The van der Waals surface area contributed by atoms with Crippen LogP contribution >= 0.6 is 0 Å². The summed E-state index contributed by atoms with van der Waals surface area (Å²) in [7, 11) is 0. The van der Waals surface area contributed by atoms with Gasteiger partial charge in [-0.2, -0.15) is 5.26 Å². The van der Waals surface area contributed by atoms with Crippen molar-refractivity contribution in [3.05, 3.63) is 64.0 Å². The first-order valence-corrected chi connectivity index (χ1v) is 12.0. The van der Waals surface area contributed by atoms with Crippen LogP contribution < -0.4 is 5.32 Å². The second kappa shape index (κ2) is 11.8. The summed E-state index contributed by atoms with van der Waals surface area (Å²) in [6, 6.07) is 12.4. The van der Waals surface area contributed by atoms with Gasteiger partial charge in [0.05, 0.1) is 0 Å². The van der Waals surface area contributed by atoms with Crippen molar-refractivity contribution in [3.8, 4) is 6.07 Å². The molecule has 1 N–H and O–H groups in total. The Balaban J connectivity index is 1.66. The molecule has 0 aliphatic carbocycles. The van der Waals surface area contributed by atoms with E-state index < -0.39 is 0 Å². The molecule has 0 spiro atoms. The number of carbonyl (C=O) groups is 1. The van der Waals surface area contributed by atoms with Crippen LogP contribution in [0.2, 0.25) is 0 Å². The molecule has 2 aromatic rings. The maximum Gasteiger partial charge on any atom is 0.262 e. The minimum absolute atomic E-state index is 0.139. The van der Waals surface area contributed by atoms with E-state index >= 15 is 0 Å². The van der Waals surface area contributed by atoms with E-state index in [1.807, 2.05) is 19.1 Å². The molecule has 0 radical (unpaired) electrons. The Bertz CT molecular complexity index is 1020. The largest absolute Gasteiger partial charge is 0.349 e. The van der Waals surface area contributed by atoms with Crippen molar-refractivity contribution in [2.75, 3.05) is 32.7 Å². The summed E-state index contributed by atoms with van der Waals surface area (Å²) >= 11 is 0. The van der Waals surface area contributed by atoms with Gasteiger partial charge in [-0.1, -0.05) is 38.1 Å². The van der Waals surface area contributed by atoms with E-state index in [9.17, 15) is 10.1 Å². The van der Waals surface area contributed by atoms with Gasteiger partial charge in [0.2, 0.25) is 0 Å². The summed E-state index contributed by atoms with van der Waals surface area (Å²) in [6.07, 6.45) is 2.75. The Morgan fingerprint density at radius 3 is 2.39 bits per heavy atom. The van der Waals surface area contributed by atoms with Gasteiger partial charge in [-0.15, -0.1) is 0 Å². The van der Waals surface area contributed by atoms with Gasteiger partial charge in [-0.3, -0.25) is 9.69 Å². The highest BCUT2D eigenvalue weighted by atomic mass is 16.1. The molecular formula is C27H37N5O. The predicted molar refractivity (Wildman–Crippen MR) is 133 cm³/mol. The van der Waals surface area contributed by atoms with Crippen molar-refractivity contribution in [1.29, 1.82) is 5.26 Å². The normalized spacial score (nSPS) is 15.4. The van der Waals surface area contributed by atoms with Crippen LogP contribution in [0.25, 0.3) is 6.08 Å². The van der Waals surface area contributed by atoms with Gasteiger partial charge in [0.25, 0.3) is 5.91 Å². The standard InChI is InChI=1S/C27H37N5O/c1-5-11-32-21(3)16-25(22(32)4)17-26(18-28)27(33)29-19-23-9-7-8-10-24(23)20-31-14-12-30(6-2)13-15-31/h7-10,16-17H,5-6,11-15,19-20H2,1-4H3,(H,29,33)/b26-17-. The molecule has 1 aliphatic heterocycles. The predicted octanol–water partition coefficient (Wildman–Crippen LogP) is 3.88. The highest BCUT2D eigenvalue weighted by Crippen LogP contribution is 2.19. The Kier molecular flexibility index (Phi) is 8.87. The molecule has 0 unspecified atom stereocenters. The number of nitriles is 1. The molecule has 1 aromatic heterocycles. The van der Waals surface area contributed by atoms with Crippen molar-refractivity contribution in [2.45, 2.75) is 53.8 Å². The van der Waals surface area contributed by atoms with Crippen molar-refractivity contribution in [3.63, 3.8) is 0 Å². The molecule has 1 aliphatic rings. The molecule has 176 valence electrons. The van der Waals surface area contributed by atoms with Crippen LogP contribution in [0.1, 0.15) is 48.3 Å². The van der Waals surface area contributed by atoms with E-state index in [1.54, 1.807) is 6.08 Å². The fraction of sp³-hybridized carbons (Fsp3) is 0.481. The SMILES string of the molecule is CCCn1c(C)cc(/C=C(/C#N)C(=O)NCc2ccccc2CN2CCN(CC)CC2)c1C. The summed E-state index contributed by atoms with van der Waals surface area (Å²) in [6.45, 7) is 16.1. The van der Waals surface area contributed by atoms with Crippen LogP contribution in [0.15, 0.2) is 35.9 Å². The molecule has 33 heavy (non-hydrogen) atoms. The van der Waals surface area contributed by atoms with E-state index in [4.69, 9.17) is 0 Å². The van der Waals surface area contributed by atoms with Crippen molar-refractivity contribution >= 4 is 12.0 Å². The first-order valence-electron chi connectivity index (χ1n) is 12.0. The van der Waals surface area contributed by atoms with Crippen LogP contribution in [0, 0.1) is 25.2 Å². The third-order valence-electron chi connectivity index (χ3n) is 6.59. The van der Waals surface area contributed by atoms with Crippen molar-refractivity contribution in [2.24, 2.45) is 0 Å². The number of nitrogens with one attached hydrogen (secondary N) is 1. The molecule has 2 heterocycles. The number of nitrogens with zero attached hydrogens (tertiary/aromatic N) is 4. The zero-order valence-corrected chi connectivity index (χ0v) is 20.5. The number of aryl methyl sites for hydroxylation is 1. The van der Waals surface area contributed by atoms with Gasteiger partial charge in [0.1, 0.15) is 11.6 Å². The molecule has 6 heteroatoms. The first-order chi connectivity index (χ1) is 16.0. The maximum absolute atomic E-state index is 12.8. The Hall–Kier alpha value is -2.88. The lowest BCUT2D eigenvalue weighted by Crippen LogP contribution is -2.45. The van der Waals surface area contributed by atoms with E-state index in [0.29, 0.717) is 6.54 Å². The van der Waals surface area contributed by atoms with Gasteiger partial charge in [0.15, 0.2) is 0 Å². The number of hydrogen-bond acceptors (Lipinski definition) is 4. The van der Waals surface area contributed by atoms with Gasteiger partial charge in [0, 0.05) is 57.2 Å². The smallest absolute Gasteiger partial charge is 0.262 e. The highest BCUT2D eigenvalue weighted by Gasteiger charge is 2.17. The molecule has 0 atom stereocenters. The number of benzene rings is 1. The summed E-state index contributed by atoms with van der Waals surface area (Å²) in [5.74, 6) is -0.329. The monoisotopic (exact) mass is 447 g/mol. The lowest BCUT2D eigenvalue weighted by Gasteiger charge is -2.34. The van der Waals surface area contributed by atoms with Crippen LogP contribution in [0.4, 0.5) is 0 Å². The van der Waals surface area contributed by atoms with E-state index in [1.165, 1.54) is 5.56 Å². The number of hydrogen-bond donors (Lipinski definition) is 1. The second-order valence-electron chi connectivity index (χ2n) is 8.81. The Morgan fingerprint density at radius 2 is 1.76 bits per heavy atom. The van der Waals surface area contributed by atoms with Gasteiger partial charge in [-0.05, 0) is 55.6 Å². The average molecular weight is 448 g/mol. The van der Waals surface area contributed by atoms with Gasteiger partial charge < -0.3 is 14.8 Å². The van der Waals surface area contributed by atoms with Crippen molar-refractivity contribution in [1.82, 2.24) is 19.7 Å². The summed E-state index contributed by atoms with van der Waals surface area (Å²) in [5, 5.41) is 12.6. The molecule has 1 saturated heterocycles. The zero-order chi connectivity index (χ0) is 23.8. The molecule has 1 fully saturated rings. The molecule has 6 nitrogen and oxygen atoms in total. The maximum atomic E-state index is 12.8. The lowest BCUT2D eigenvalue weighted by atomic mass is 10.1. The first kappa shape index (κ1) is 24.8. The fourth-order valence-corrected chi connectivity index (χ4v) is 4.51. The number of likely N-dealkylation sites (N-methyl/N-ethyl adjacent to an activating group) is 1. The van der Waals surface area contributed by atoms with Crippen LogP contribution in [0.3, 0.4) is 0 Å². The summed E-state index contributed by atoms with van der Waals surface area (Å²) in [4.78, 5) is 17.8. The lowest BCUT2D eigenvalue weighted by molar-refractivity contribution is -0.117. The van der Waals surface area contributed by atoms with Gasteiger partial charge in [-0.25, -0.2) is 0 Å². The van der Waals surface area contributed by atoms with E-state index in [0.717, 1.165) is 74.7 Å². The number of carbonyl (C=O) groups excluding carboxylic acids is 1. The van der Waals surface area contributed by atoms with Crippen LogP contribution in [-0.4, -0.2) is 53.0 Å². The zero-order valence-electron chi connectivity index (χ0n) is 20.5. The molecule has 0 saturated carbocycles. The molecular weight excluding hydrogens is 410 g/mol. The second-order valence-corrected chi connectivity index (χ2v) is 8.81. The summed E-state index contributed by atoms with van der Waals surface area (Å²) < 4.78 is 2.23. The number of rotatable bonds is 9. The molecule has 1 amide bonds.